The van der Waals surface area contributed by atoms with Crippen LogP contribution in [0.4, 0.5) is 5.82 Å². The molecular weight excluding hydrogens is 356 g/mol. The summed E-state index contributed by atoms with van der Waals surface area (Å²) in [5.41, 5.74) is 8.92. The zero-order valence-corrected chi connectivity index (χ0v) is 16.8. The molecule has 0 saturated carbocycles. The van der Waals surface area contributed by atoms with Crippen LogP contribution in [0.1, 0.15) is 41.6 Å². The minimum absolute atomic E-state index is 0.237. The molecule has 28 heavy (non-hydrogen) atoms. The third-order valence-electron chi connectivity index (χ3n) is 5.61. The number of hydrogen-bond acceptors (Lipinski definition) is 7. The Morgan fingerprint density at radius 3 is 2.79 bits per heavy atom. The van der Waals surface area contributed by atoms with Crippen molar-refractivity contribution < 1.29 is 13.9 Å². The molecule has 0 aliphatic carbocycles. The summed E-state index contributed by atoms with van der Waals surface area (Å²) in [5, 5.41) is 0.816. The molecule has 1 aliphatic rings. The molecule has 2 aromatic heterocycles. The maximum absolute atomic E-state index is 6.21. The number of hydrogen-bond donors (Lipinski definition) is 1. The minimum Gasteiger partial charge on any atom is -0.497 e. The highest BCUT2D eigenvalue weighted by Gasteiger charge is 2.29. The van der Waals surface area contributed by atoms with Gasteiger partial charge in [0.1, 0.15) is 28.9 Å². The van der Waals surface area contributed by atoms with Gasteiger partial charge in [-0.15, -0.1) is 0 Å². The van der Waals surface area contributed by atoms with Gasteiger partial charge in [-0.3, -0.25) is 4.90 Å². The third kappa shape index (κ3) is 3.16. The third-order valence-corrected chi connectivity index (χ3v) is 5.61. The Kier molecular flexibility index (Phi) is 4.85. The molecule has 3 aromatic rings. The van der Waals surface area contributed by atoms with Gasteiger partial charge in [0, 0.05) is 23.2 Å². The standard InChI is InChI=1S/C21H26N4O3/c1-12-13(2)28-21-19(12)20(22)23-18(24-21)11-25-9-5-6-16(25)15-8-7-14(26-3)10-17(15)27-4/h7-8,10,16H,5-6,9,11H2,1-4H3,(H2,22,23,24). The largest absolute Gasteiger partial charge is 0.497 e. The molecule has 1 atom stereocenters. The predicted molar refractivity (Wildman–Crippen MR) is 108 cm³/mol. The molecule has 1 unspecified atom stereocenters. The summed E-state index contributed by atoms with van der Waals surface area (Å²) in [6, 6.07) is 6.23. The number of aryl methyl sites for hydroxylation is 2. The lowest BCUT2D eigenvalue weighted by atomic mass is 10.0. The number of rotatable bonds is 5. The van der Waals surface area contributed by atoms with Crippen LogP contribution in [0.15, 0.2) is 22.6 Å². The number of methoxy groups -OCH3 is 2. The van der Waals surface area contributed by atoms with Crippen LogP contribution in [0.2, 0.25) is 0 Å². The summed E-state index contributed by atoms with van der Waals surface area (Å²) in [7, 11) is 3.35. The average Bonchev–Trinajstić information content (AvgIpc) is 3.25. The van der Waals surface area contributed by atoms with Crippen LogP contribution >= 0.6 is 0 Å². The number of fused-ring (bicyclic) bond motifs is 1. The molecule has 2 N–H and O–H groups in total. The summed E-state index contributed by atoms with van der Waals surface area (Å²) in [6.07, 6.45) is 2.16. The molecule has 1 aromatic carbocycles. The SMILES string of the molecule is COc1ccc(C2CCCN2Cc2nc(N)c3c(C)c(C)oc3n2)c(OC)c1. The van der Waals surface area contributed by atoms with E-state index in [2.05, 4.69) is 20.9 Å². The maximum atomic E-state index is 6.21. The average molecular weight is 382 g/mol. The topological polar surface area (TPSA) is 86.6 Å². The molecule has 0 spiro atoms. The number of nitrogens with zero attached hydrogens (tertiary/aromatic N) is 3. The molecule has 0 amide bonds. The Hall–Kier alpha value is -2.80. The number of furan rings is 1. The zero-order valence-electron chi connectivity index (χ0n) is 16.8. The first-order valence-corrected chi connectivity index (χ1v) is 9.50. The van der Waals surface area contributed by atoms with Crippen LogP contribution in [-0.4, -0.2) is 35.6 Å². The van der Waals surface area contributed by atoms with Gasteiger partial charge in [-0.1, -0.05) is 6.07 Å². The van der Waals surface area contributed by atoms with Gasteiger partial charge in [-0.2, -0.15) is 4.98 Å². The first-order chi connectivity index (χ1) is 13.5. The molecule has 3 heterocycles. The van der Waals surface area contributed by atoms with Crippen LogP contribution < -0.4 is 15.2 Å². The quantitative estimate of drug-likeness (QED) is 0.718. The van der Waals surface area contributed by atoms with Crippen molar-refractivity contribution in [2.24, 2.45) is 0 Å². The van der Waals surface area contributed by atoms with E-state index in [0.717, 1.165) is 53.2 Å². The molecule has 1 aliphatic heterocycles. The summed E-state index contributed by atoms with van der Waals surface area (Å²) in [5.74, 6) is 3.61. The lowest BCUT2D eigenvalue weighted by Crippen LogP contribution is -2.24. The van der Waals surface area contributed by atoms with Gasteiger partial charge in [-0.05, 0) is 39.3 Å². The van der Waals surface area contributed by atoms with Crippen LogP contribution in [0.5, 0.6) is 11.5 Å². The Bertz CT molecular complexity index is 1010. The molecule has 4 rings (SSSR count). The summed E-state index contributed by atoms with van der Waals surface area (Å²) < 4.78 is 16.7. The van der Waals surface area contributed by atoms with Crippen LogP contribution in [-0.2, 0) is 6.54 Å². The molecule has 7 nitrogen and oxygen atoms in total. The normalized spacial score (nSPS) is 17.4. The van der Waals surface area contributed by atoms with Crippen molar-refractivity contribution in [2.75, 3.05) is 26.5 Å². The fourth-order valence-corrected chi connectivity index (χ4v) is 4.04. The Morgan fingerprint density at radius 2 is 2.04 bits per heavy atom. The monoisotopic (exact) mass is 382 g/mol. The first kappa shape index (κ1) is 18.6. The van der Waals surface area contributed by atoms with Crippen molar-refractivity contribution in [1.29, 1.82) is 0 Å². The van der Waals surface area contributed by atoms with Crippen LogP contribution in [0, 0.1) is 13.8 Å². The predicted octanol–water partition coefficient (Wildman–Crippen LogP) is 3.78. The number of likely N-dealkylation sites (tertiary alicyclic amines) is 1. The highest BCUT2D eigenvalue weighted by atomic mass is 16.5. The number of aromatic nitrogens is 2. The van der Waals surface area contributed by atoms with Gasteiger partial charge >= 0.3 is 0 Å². The fourth-order valence-electron chi connectivity index (χ4n) is 4.04. The van der Waals surface area contributed by atoms with E-state index in [1.165, 1.54) is 0 Å². The van der Waals surface area contributed by atoms with E-state index in [1.807, 2.05) is 26.0 Å². The van der Waals surface area contributed by atoms with Crippen molar-refractivity contribution in [3.05, 3.63) is 40.9 Å². The Balaban J connectivity index is 1.64. The highest BCUT2D eigenvalue weighted by molar-refractivity contribution is 5.88. The van der Waals surface area contributed by atoms with Crippen molar-refractivity contribution in [2.45, 2.75) is 39.3 Å². The van der Waals surface area contributed by atoms with Gasteiger partial charge in [0.05, 0.1) is 26.2 Å². The van der Waals surface area contributed by atoms with Crippen molar-refractivity contribution in [1.82, 2.24) is 14.9 Å². The second-order valence-corrected chi connectivity index (χ2v) is 7.22. The van der Waals surface area contributed by atoms with Crippen molar-refractivity contribution >= 4 is 16.9 Å². The number of benzene rings is 1. The number of ether oxygens (including phenoxy) is 2. The summed E-state index contributed by atoms with van der Waals surface area (Å²) >= 11 is 0. The molecule has 0 bridgehead atoms. The minimum atomic E-state index is 0.237. The number of anilines is 1. The van der Waals surface area contributed by atoms with Crippen molar-refractivity contribution in [3.8, 4) is 11.5 Å². The Morgan fingerprint density at radius 1 is 1.21 bits per heavy atom. The lowest BCUT2D eigenvalue weighted by Gasteiger charge is -2.25. The molecular formula is C21H26N4O3. The Labute approximate surface area is 164 Å². The van der Waals surface area contributed by atoms with Crippen molar-refractivity contribution in [3.63, 3.8) is 0 Å². The van der Waals surface area contributed by atoms with E-state index < -0.39 is 0 Å². The van der Waals surface area contributed by atoms with Gasteiger partial charge in [0.15, 0.2) is 0 Å². The van der Waals surface area contributed by atoms with E-state index in [9.17, 15) is 0 Å². The second kappa shape index (κ2) is 7.31. The molecule has 1 fully saturated rings. The van der Waals surface area contributed by atoms with Gasteiger partial charge in [0.25, 0.3) is 0 Å². The smallest absolute Gasteiger partial charge is 0.231 e. The van der Waals surface area contributed by atoms with E-state index >= 15 is 0 Å². The van der Waals surface area contributed by atoms with Crippen LogP contribution in [0.25, 0.3) is 11.1 Å². The van der Waals surface area contributed by atoms with E-state index in [1.54, 1.807) is 14.2 Å². The molecule has 0 radical (unpaired) electrons. The van der Waals surface area contributed by atoms with Crippen LogP contribution in [0.3, 0.4) is 0 Å². The summed E-state index contributed by atoms with van der Waals surface area (Å²) in [4.78, 5) is 11.5. The van der Waals surface area contributed by atoms with Gasteiger partial charge < -0.3 is 19.6 Å². The molecule has 148 valence electrons. The zero-order chi connectivity index (χ0) is 19.8. The van der Waals surface area contributed by atoms with E-state index in [4.69, 9.17) is 19.6 Å². The summed E-state index contributed by atoms with van der Waals surface area (Å²) in [6.45, 7) is 5.48. The fraction of sp³-hybridized carbons (Fsp3) is 0.429. The maximum Gasteiger partial charge on any atom is 0.231 e. The lowest BCUT2D eigenvalue weighted by molar-refractivity contribution is 0.237. The van der Waals surface area contributed by atoms with Gasteiger partial charge in [-0.25, -0.2) is 4.98 Å². The second-order valence-electron chi connectivity index (χ2n) is 7.22. The first-order valence-electron chi connectivity index (χ1n) is 9.50. The highest BCUT2D eigenvalue weighted by Crippen LogP contribution is 2.39. The molecule has 7 heteroatoms. The number of nitrogens with two attached hydrogens (primary N) is 1. The number of nitrogen functional groups attached to an aromatic ring is 1. The van der Waals surface area contributed by atoms with Gasteiger partial charge in [0.2, 0.25) is 5.71 Å². The van der Waals surface area contributed by atoms with E-state index in [0.29, 0.717) is 23.9 Å². The van der Waals surface area contributed by atoms with E-state index in [-0.39, 0.29) is 6.04 Å². The molecule has 1 saturated heterocycles.